The second-order valence-corrected chi connectivity index (χ2v) is 6.42. The van der Waals surface area contributed by atoms with E-state index in [1.54, 1.807) is 29.8 Å². The van der Waals surface area contributed by atoms with E-state index in [0.29, 0.717) is 12.5 Å². The van der Waals surface area contributed by atoms with Crippen molar-refractivity contribution in [3.63, 3.8) is 0 Å². The molecule has 1 aromatic carbocycles. The van der Waals surface area contributed by atoms with E-state index >= 15 is 0 Å². The molecule has 0 radical (unpaired) electrons. The van der Waals surface area contributed by atoms with E-state index in [0.717, 1.165) is 20.8 Å². The number of hydrogen-bond acceptors (Lipinski definition) is 6. The van der Waals surface area contributed by atoms with Gasteiger partial charge in [-0.2, -0.15) is 0 Å². The number of anilines is 1. The maximum Gasteiger partial charge on any atom is 0.244 e. The van der Waals surface area contributed by atoms with Crippen LogP contribution in [0.4, 0.5) is 5.95 Å². The highest BCUT2D eigenvalue weighted by Crippen LogP contribution is 2.22. The van der Waals surface area contributed by atoms with Crippen molar-refractivity contribution in [2.45, 2.75) is 6.54 Å². The topological polar surface area (TPSA) is 71.0 Å². The van der Waals surface area contributed by atoms with Crippen LogP contribution in [0, 0.1) is 0 Å². The number of carbonyl (C=O) groups is 1. The molecule has 7 heteroatoms. The van der Waals surface area contributed by atoms with Crippen LogP contribution < -0.4 is 10.2 Å². The summed E-state index contributed by atoms with van der Waals surface area (Å²) >= 11 is 1.56. The molecular weight excluding hydrogens is 322 g/mol. The lowest BCUT2D eigenvalue weighted by atomic mass is 10.3. The Labute approximate surface area is 143 Å². The minimum Gasteiger partial charge on any atom is -0.348 e. The van der Waals surface area contributed by atoms with Gasteiger partial charge in [-0.05, 0) is 18.2 Å². The minimum absolute atomic E-state index is 0.175. The SMILES string of the molecule is CN(C)c1ncc(CNC(=O)/C=C/c2nc3ccccc3s2)cn1. The lowest BCUT2D eigenvalue weighted by Crippen LogP contribution is -2.21. The van der Waals surface area contributed by atoms with Crippen LogP contribution in [-0.4, -0.2) is 35.0 Å². The molecular formula is C17H17N5OS. The highest BCUT2D eigenvalue weighted by Gasteiger charge is 2.03. The van der Waals surface area contributed by atoms with E-state index in [1.165, 1.54) is 6.08 Å². The van der Waals surface area contributed by atoms with Crippen LogP contribution in [0.3, 0.4) is 0 Å². The van der Waals surface area contributed by atoms with Gasteiger partial charge in [0.15, 0.2) is 0 Å². The maximum atomic E-state index is 11.9. The summed E-state index contributed by atoms with van der Waals surface area (Å²) in [6.45, 7) is 0.386. The number of rotatable bonds is 5. The third-order valence-electron chi connectivity index (χ3n) is 3.25. The first kappa shape index (κ1) is 16.1. The van der Waals surface area contributed by atoms with Gasteiger partial charge in [0.05, 0.1) is 10.2 Å². The molecule has 3 aromatic rings. The van der Waals surface area contributed by atoms with Gasteiger partial charge >= 0.3 is 0 Å². The van der Waals surface area contributed by atoms with Crippen molar-refractivity contribution < 1.29 is 4.79 Å². The van der Waals surface area contributed by atoms with Crippen molar-refractivity contribution in [1.29, 1.82) is 0 Å². The molecule has 0 aliphatic carbocycles. The number of aromatic nitrogens is 3. The molecule has 0 spiro atoms. The summed E-state index contributed by atoms with van der Waals surface area (Å²) < 4.78 is 1.11. The van der Waals surface area contributed by atoms with Crippen LogP contribution in [0.1, 0.15) is 10.6 Å². The van der Waals surface area contributed by atoms with E-state index < -0.39 is 0 Å². The summed E-state index contributed by atoms with van der Waals surface area (Å²) in [5, 5.41) is 3.62. The second-order valence-electron chi connectivity index (χ2n) is 5.36. The van der Waals surface area contributed by atoms with Gasteiger partial charge in [-0.3, -0.25) is 4.79 Å². The van der Waals surface area contributed by atoms with Gasteiger partial charge in [0, 0.05) is 44.7 Å². The zero-order valence-corrected chi connectivity index (χ0v) is 14.2. The number of thiazole rings is 1. The first-order chi connectivity index (χ1) is 11.6. The number of nitrogens with zero attached hydrogens (tertiary/aromatic N) is 4. The van der Waals surface area contributed by atoms with Gasteiger partial charge < -0.3 is 10.2 Å². The van der Waals surface area contributed by atoms with E-state index in [-0.39, 0.29) is 5.91 Å². The fourth-order valence-corrected chi connectivity index (χ4v) is 2.90. The predicted octanol–water partition coefficient (Wildman–Crippen LogP) is 2.48. The van der Waals surface area contributed by atoms with Crippen molar-refractivity contribution in [2.75, 3.05) is 19.0 Å². The summed E-state index contributed by atoms with van der Waals surface area (Å²) in [7, 11) is 3.76. The van der Waals surface area contributed by atoms with Gasteiger partial charge in [0.2, 0.25) is 11.9 Å². The number of fused-ring (bicyclic) bond motifs is 1. The van der Waals surface area contributed by atoms with Crippen LogP contribution in [0.2, 0.25) is 0 Å². The van der Waals surface area contributed by atoms with Crippen LogP contribution in [0.15, 0.2) is 42.7 Å². The average Bonchev–Trinajstić information content (AvgIpc) is 3.01. The predicted molar refractivity (Wildman–Crippen MR) is 96.9 cm³/mol. The van der Waals surface area contributed by atoms with E-state index in [1.807, 2.05) is 43.3 Å². The van der Waals surface area contributed by atoms with Crippen LogP contribution in [-0.2, 0) is 11.3 Å². The standard InChI is InChI=1S/C17H17N5OS/c1-22(2)17-19-10-12(11-20-17)9-18-15(23)7-8-16-21-13-5-3-4-6-14(13)24-16/h3-8,10-11H,9H2,1-2H3,(H,18,23)/b8-7+. The Morgan fingerprint density at radius 2 is 2.00 bits per heavy atom. The van der Waals surface area contributed by atoms with Crippen LogP contribution in [0.5, 0.6) is 0 Å². The molecule has 1 N–H and O–H groups in total. The zero-order chi connectivity index (χ0) is 16.9. The highest BCUT2D eigenvalue weighted by atomic mass is 32.1. The molecule has 24 heavy (non-hydrogen) atoms. The fourth-order valence-electron chi connectivity index (χ4n) is 2.03. The molecule has 0 aliphatic heterocycles. The Bertz CT molecular complexity index is 837. The summed E-state index contributed by atoms with van der Waals surface area (Å²) in [5.41, 5.74) is 1.79. The van der Waals surface area contributed by atoms with Crippen molar-refractivity contribution in [3.8, 4) is 0 Å². The Morgan fingerprint density at radius 3 is 2.71 bits per heavy atom. The molecule has 6 nitrogen and oxygen atoms in total. The minimum atomic E-state index is -0.175. The lowest BCUT2D eigenvalue weighted by Gasteiger charge is -2.09. The van der Waals surface area contributed by atoms with E-state index in [9.17, 15) is 4.79 Å². The molecule has 3 rings (SSSR count). The Hall–Kier alpha value is -2.80. The van der Waals surface area contributed by atoms with Crippen LogP contribution >= 0.6 is 11.3 Å². The number of amides is 1. The largest absolute Gasteiger partial charge is 0.348 e. The molecule has 0 unspecified atom stereocenters. The molecule has 2 heterocycles. The van der Waals surface area contributed by atoms with E-state index in [4.69, 9.17) is 0 Å². The number of nitrogens with one attached hydrogen (secondary N) is 1. The molecule has 1 amide bonds. The molecule has 0 bridgehead atoms. The number of benzene rings is 1. The van der Waals surface area contributed by atoms with Crippen LogP contribution in [0.25, 0.3) is 16.3 Å². The second kappa shape index (κ2) is 7.18. The van der Waals surface area contributed by atoms with Crippen molar-refractivity contribution in [3.05, 3.63) is 53.3 Å². The molecule has 122 valence electrons. The first-order valence-electron chi connectivity index (χ1n) is 7.41. The quantitative estimate of drug-likeness (QED) is 0.723. The summed E-state index contributed by atoms with van der Waals surface area (Å²) in [6, 6.07) is 7.90. The monoisotopic (exact) mass is 339 g/mol. The lowest BCUT2D eigenvalue weighted by molar-refractivity contribution is -0.116. The van der Waals surface area contributed by atoms with Gasteiger partial charge in [-0.25, -0.2) is 15.0 Å². The van der Waals surface area contributed by atoms with Gasteiger partial charge in [-0.1, -0.05) is 12.1 Å². The summed E-state index contributed by atoms with van der Waals surface area (Å²) in [6.07, 6.45) is 6.64. The Kier molecular flexibility index (Phi) is 4.81. The average molecular weight is 339 g/mol. The highest BCUT2D eigenvalue weighted by molar-refractivity contribution is 7.19. The van der Waals surface area contributed by atoms with Crippen molar-refractivity contribution >= 4 is 39.5 Å². The summed E-state index contributed by atoms with van der Waals surface area (Å²) in [4.78, 5) is 26.6. The Balaban J connectivity index is 1.56. The third-order valence-corrected chi connectivity index (χ3v) is 4.25. The summed E-state index contributed by atoms with van der Waals surface area (Å²) in [5.74, 6) is 0.465. The maximum absolute atomic E-state index is 11.9. The molecule has 0 fully saturated rings. The number of hydrogen-bond donors (Lipinski definition) is 1. The molecule has 0 atom stereocenters. The van der Waals surface area contributed by atoms with E-state index in [2.05, 4.69) is 20.3 Å². The molecule has 0 saturated carbocycles. The first-order valence-corrected chi connectivity index (χ1v) is 8.23. The van der Waals surface area contributed by atoms with Gasteiger partial charge in [0.25, 0.3) is 0 Å². The van der Waals surface area contributed by atoms with Crippen molar-refractivity contribution in [2.24, 2.45) is 0 Å². The molecule has 2 aromatic heterocycles. The zero-order valence-electron chi connectivity index (χ0n) is 13.4. The third kappa shape index (κ3) is 3.94. The molecule has 0 aliphatic rings. The number of para-hydroxylation sites is 1. The molecule has 0 saturated heterocycles. The van der Waals surface area contributed by atoms with Gasteiger partial charge in [-0.15, -0.1) is 11.3 Å². The smallest absolute Gasteiger partial charge is 0.244 e. The normalized spacial score (nSPS) is 11.1. The van der Waals surface area contributed by atoms with Gasteiger partial charge in [0.1, 0.15) is 5.01 Å². The van der Waals surface area contributed by atoms with Crippen molar-refractivity contribution in [1.82, 2.24) is 20.3 Å². The Morgan fingerprint density at radius 1 is 1.25 bits per heavy atom. The fraction of sp³-hybridized carbons (Fsp3) is 0.176. The number of carbonyl (C=O) groups excluding carboxylic acids is 1.